The lowest BCUT2D eigenvalue weighted by molar-refractivity contribution is -0.132. The molecule has 0 aliphatic heterocycles. The summed E-state index contributed by atoms with van der Waals surface area (Å²) in [5, 5.41) is 8.43. The first-order valence-corrected chi connectivity index (χ1v) is 10.1. The number of carboxylic acid groups (broad SMARTS) is 1. The molecule has 0 aliphatic carbocycles. The molecular formula is C20H40ClNO2. The van der Waals surface area contributed by atoms with Gasteiger partial charge in [-0.3, -0.25) is 0 Å². The maximum atomic E-state index is 10.3. The van der Waals surface area contributed by atoms with E-state index < -0.39 is 5.97 Å². The van der Waals surface area contributed by atoms with E-state index in [-0.39, 0.29) is 0 Å². The predicted octanol–water partition coefficient (Wildman–Crippen LogP) is 6.12. The molecule has 0 saturated heterocycles. The monoisotopic (exact) mass is 361 g/mol. The minimum atomic E-state index is -0.885. The Labute approximate surface area is 155 Å². The molecular weight excluding hydrogens is 322 g/mol. The average molecular weight is 362 g/mol. The molecule has 0 amide bonds. The molecule has 1 N–H and O–H groups in total. The Morgan fingerprint density at radius 2 is 1.38 bits per heavy atom. The van der Waals surface area contributed by atoms with Gasteiger partial charge in [0.2, 0.25) is 0 Å². The zero-order valence-electron chi connectivity index (χ0n) is 16.3. The molecule has 0 aromatic rings. The Morgan fingerprint density at radius 3 is 1.75 bits per heavy atom. The van der Waals surface area contributed by atoms with Gasteiger partial charge in [0, 0.05) is 11.5 Å². The molecule has 0 bridgehead atoms. The highest BCUT2D eigenvalue weighted by Gasteiger charge is 2.02. The van der Waals surface area contributed by atoms with Crippen LogP contribution in [0.5, 0.6) is 0 Å². The number of unbranched alkanes of at least 4 members (excludes halogenated alkanes) is 9. The number of rotatable bonds is 15. The van der Waals surface area contributed by atoms with Gasteiger partial charge >= 0.3 is 5.97 Å². The number of aliphatic carboxylic acids is 1. The third-order valence-corrected chi connectivity index (χ3v) is 4.14. The molecule has 24 heavy (non-hydrogen) atoms. The smallest absolute Gasteiger partial charge is 0.330 e. The van der Waals surface area contributed by atoms with Gasteiger partial charge in [0.15, 0.2) is 0 Å². The van der Waals surface area contributed by atoms with E-state index >= 15 is 0 Å². The zero-order valence-corrected chi connectivity index (χ0v) is 17.0. The number of carbonyl (C=O) groups is 1. The third-order valence-electron chi connectivity index (χ3n) is 3.87. The van der Waals surface area contributed by atoms with Crippen LogP contribution >= 0.6 is 11.6 Å². The van der Waals surface area contributed by atoms with Crippen LogP contribution < -0.4 is 0 Å². The van der Waals surface area contributed by atoms with Gasteiger partial charge in [-0.05, 0) is 39.9 Å². The molecule has 0 aromatic carbocycles. The SMILES string of the molecule is C=C(CCCN(C)C)C(=O)O.CCCCCCCCCCCCCl. The first-order chi connectivity index (χ1) is 11.5. The van der Waals surface area contributed by atoms with Crippen LogP contribution in [-0.4, -0.2) is 42.5 Å². The number of carboxylic acids is 1. The first-order valence-electron chi connectivity index (χ1n) is 9.57. The number of halogens is 1. The second kappa shape index (κ2) is 20.5. The second-order valence-corrected chi connectivity index (χ2v) is 7.06. The molecule has 144 valence electrons. The van der Waals surface area contributed by atoms with Gasteiger partial charge < -0.3 is 10.0 Å². The molecule has 0 radical (unpaired) electrons. The summed E-state index contributed by atoms with van der Waals surface area (Å²) in [5.74, 6) is -0.0417. The molecule has 0 fully saturated rings. The van der Waals surface area contributed by atoms with Gasteiger partial charge in [-0.25, -0.2) is 4.79 Å². The Bertz CT molecular complexity index is 283. The molecule has 0 aromatic heterocycles. The van der Waals surface area contributed by atoms with E-state index in [1.807, 2.05) is 19.0 Å². The standard InChI is InChI=1S/C12H25Cl.C8H15NO2/c1-2-3-4-5-6-7-8-9-10-11-12-13;1-7(8(10)11)5-4-6-9(2)3/h2-12H2,1H3;1,4-6H2,2-3H3,(H,10,11). The van der Waals surface area contributed by atoms with Gasteiger partial charge in [-0.15, -0.1) is 11.6 Å². The molecule has 0 saturated carbocycles. The Hall–Kier alpha value is -0.540. The van der Waals surface area contributed by atoms with E-state index in [9.17, 15) is 4.79 Å². The van der Waals surface area contributed by atoms with E-state index in [0.717, 1.165) is 18.8 Å². The Kier molecular flexibility index (Phi) is 22.0. The largest absolute Gasteiger partial charge is 0.478 e. The van der Waals surface area contributed by atoms with E-state index in [0.29, 0.717) is 12.0 Å². The molecule has 0 atom stereocenters. The fourth-order valence-electron chi connectivity index (χ4n) is 2.30. The Morgan fingerprint density at radius 1 is 0.917 bits per heavy atom. The lowest BCUT2D eigenvalue weighted by Crippen LogP contribution is -2.13. The minimum Gasteiger partial charge on any atom is -0.478 e. The van der Waals surface area contributed by atoms with Crippen molar-refractivity contribution in [2.24, 2.45) is 0 Å². The third kappa shape index (κ3) is 23.7. The fraction of sp³-hybridized carbons (Fsp3) is 0.850. The van der Waals surface area contributed by atoms with Gasteiger partial charge in [0.1, 0.15) is 0 Å². The maximum Gasteiger partial charge on any atom is 0.330 e. The van der Waals surface area contributed by atoms with Crippen LogP contribution in [0.2, 0.25) is 0 Å². The van der Waals surface area contributed by atoms with Crippen molar-refractivity contribution in [2.45, 2.75) is 84.0 Å². The number of hydrogen-bond acceptors (Lipinski definition) is 2. The van der Waals surface area contributed by atoms with Crippen LogP contribution in [0.25, 0.3) is 0 Å². The molecule has 0 spiro atoms. The Balaban J connectivity index is 0. The summed E-state index contributed by atoms with van der Waals surface area (Å²) in [6, 6.07) is 0. The number of nitrogens with zero attached hydrogens (tertiary/aromatic N) is 1. The van der Waals surface area contributed by atoms with Crippen molar-refractivity contribution < 1.29 is 9.90 Å². The summed E-state index contributed by atoms with van der Waals surface area (Å²) in [7, 11) is 3.92. The van der Waals surface area contributed by atoms with Gasteiger partial charge in [-0.2, -0.15) is 0 Å². The molecule has 0 heterocycles. The summed E-state index contributed by atoms with van der Waals surface area (Å²) < 4.78 is 0. The summed E-state index contributed by atoms with van der Waals surface area (Å²) in [4.78, 5) is 12.3. The van der Waals surface area contributed by atoms with Crippen molar-refractivity contribution in [2.75, 3.05) is 26.5 Å². The van der Waals surface area contributed by atoms with Crippen molar-refractivity contribution in [1.82, 2.24) is 4.90 Å². The molecule has 0 unspecified atom stereocenters. The van der Waals surface area contributed by atoms with Crippen molar-refractivity contribution >= 4 is 17.6 Å². The normalized spacial score (nSPS) is 10.4. The van der Waals surface area contributed by atoms with Gasteiger partial charge in [0.05, 0.1) is 0 Å². The van der Waals surface area contributed by atoms with Gasteiger partial charge in [0.25, 0.3) is 0 Å². The van der Waals surface area contributed by atoms with Gasteiger partial charge in [-0.1, -0.05) is 71.3 Å². The van der Waals surface area contributed by atoms with Crippen molar-refractivity contribution in [3.63, 3.8) is 0 Å². The molecule has 0 aliphatic rings. The molecule has 4 heteroatoms. The van der Waals surface area contributed by atoms with Crippen molar-refractivity contribution in [1.29, 1.82) is 0 Å². The van der Waals surface area contributed by atoms with E-state index in [4.69, 9.17) is 16.7 Å². The highest BCUT2D eigenvalue weighted by Crippen LogP contribution is 2.10. The minimum absolute atomic E-state index is 0.298. The first kappa shape index (κ1) is 25.7. The summed E-state index contributed by atoms with van der Waals surface area (Å²) in [6.45, 7) is 6.61. The lowest BCUT2D eigenvalue weighted by Gasteiger charge is -2.08. The van der Waals surface area contributed by atoms with Crippen LogP contribution in [0.4, 0.5) is 0 Å². The van der Waals surface area contributed by atoms with Crippen LogP contribution in [0.15, 0.2) is 12.2 Å². The highest BCUT2D eigenvalue weighted by molar-refractivity contribution is 6.17. The molecule has 0 rings (SSSR count). The second-order valence-electron chi connectivity index (χ2n) is 6.69. The zero-order chi connectivity index (χ0) is 18.6. The van der Waals surface area contributed by atoms with Crippen LogP contribution in [-0.2, 0) is 4.79 Å². The van der Waals surface area contributed by atoms with E-state index in [2.05, 4.69) is 13.5 Å². The maximum absolute atomic E-state index is 10.3. The lowest BCUT2D eigenvalue weighted by atomic mass is 10.1. The summed E-state index contributed by atoms with van der Waals surface area (Å²) >= 11 is 5.60. The van der Waals surface area contributed by atoms with Crippen LogP contribution in [0, 0.1) is 0 Å². The van der Waals surface area contributed by atoms with E-state index in [1.54, 1.807) is 0 Å². The topological polar surface area (TPSA) is 40.5 Å². The number of hydrogen-bond donors (Lipinski definition) is 1. The van der Waals surface area contributed by atoms with Crippen LogP contribution in [0.1, 0.15) is 84.0 Å². The quantitative estimate of drug-likeness (QED) is 0.217. The molecule has 3 nitrogen and oxygen atoms in total. The average Bonchev–Trinajstić information content (AvgIpc) is 2.53. The predicted molar refractivity (Wildman–Crippen MR) is 107 cm³/mol. The number of alkyl halides is 1. The summed E-state index contributed by atoms with van der Waals surface area (Å²) in [6.07, 6.45) is 15.3. The van der Waals surface area contributed by atoms with Crippen molar-refractivity contribution in [3.8, 4) is 0 Å². The fourth-order valence-corrected chi connectivity index (χ4v) is 2.49. The highest BCUT2D eigenvalue weighted by atomic mass is 35.5. The van der Waals surface area contributed by atoms with Crippen LogP contribution in [0.3, 0.4) is 0 Å². The van der Waals surface area contributed by atoms with Crippen molar-refractivity contribution in [3.05, 3.63) is 12.2 Å². The summed E-state index contributed by atoms with van der Waals surface area (Å²) in [5.41, 5.74) is 0.298. The van der Waals surface area contributed by atoms with E-state index in [1.165, 1.54) is 64.2 Å².